The first-order chi connectivity index (χ1) is 11.0. The number of hydrogen-bond donors (Lipinski definition) is 0. The molecule has 0 bridgehead atoms. The van der Waals surface area contributed by atoms with Crippen molar-refractivity contribution in [1.29, 1.82) is 0 Å². The fraction of sp³-hybridized carbons (Fsp3) is 0.222. The molecule has 3 aromatic rings. The lowest BCUT2D eigenvalue weighted by Crippen LogP contribution is -2.03. The molecule has 1 aromatic carbocycles. The van der Waals surface area contributed by atoms with Crippen LogP contribution in [0.15, 0.2) is 30.3 Å². The maximum absolute atomic E-state index is 12.2. The fourth-order valence-electron chi connectivity index (χ4n) is 2.62. The number of carbonyl (C=O) groups is 1. The first-order valence-corrected chi connectivity index (χ1v) is 8.54. The zero-order chi connectivity index (χ0) is 16.6. The van der Waals surface area contributed by atoms with Gasteiger partial charge in [-0.05, 0) is 55.7 Å². The van der Waals surface area contributed by atoms with Crippen LogP contribution in [0.5, 0.6) is 0 Å². The second-order valence-electron chi connectivity index (χ2n) is 5.27. The maximum atomic E-state index is 12.2. The highest BCUT2D eigenvalue weighted by atomic mass is 35.5. The predicted molar refractivity (Wildman–Crippen MR) is 95.5 cm³/mol. The van der Waals surface area contributed by atoms with Crippen LogP contribution in [0.3, 0.4) is 0 Å². The van der Waals surface area contributed by atoms with Crippen molar-refractivity contribution < 1.29 is 9.53 Å². The molecule has 0 fully saturated rings. The molecule has 0 spiro atoms. The van der Waals surface area contributed by atoms with E-state index in [-0.39, 0.29) is 5.97 Å². The molecule has 2 aromatic heterocycles. The van der Waals surface area contributed by atoms with Crippen molar-refractivity contribution in [3.63, 3.8) is 0 Å². The molecule has 23 heavy (non-hydrogen) atoms. The van der Waals surface area contributed by atoms with Gasteiger partial charge in [0.05, 0.1) is 6.61 Å². The summed E-state index contributed by atoms with van der Waals surface area (Å²) >= 11 is 7.38. The van der Waals surface area contributed by atoms with Gasteiger partial charge in [0.1, 0.15) is 9.71 Å². The highest BCUT2D eigenvalue weighted by Crippen LogP contribution is 2.38. The summed E-state index contributed by atoms with van der Waals surface area (Å²) in [4.78, 5) is 18.2. The van der Waals surface area contributed by atoms with Crippen LogP contribution < -0.4 is 0 Å². The zero-order valence-corrected chi connectivity index (χ0v) is 14.7. The first-order valence-electron chi connectivity index (χ1n) is 7.35. The van der Waals surface area contributed by atoms with Crippen LogP contribution in [-0.4, -0.2) is 17.6 Å². The van der Waals surface area contributed by atoms with Crippen molar-refractivity contribution in [2.24, 2.45) is 0 Å². The molecule has 0 aliphatic rings. The molecule has 0 atom stereocenters. The van der Waals surface area contributed by atoms with Crippen molar-refractivity contribution in [1.82, 2.24) is 4.98 Å². The second kappa shape index (κ2) is 6.30. The number of fused-ring (bicyclic) bond motifs is 1. The number of benzene rings is 1. The zero-order valence-electron chi connectivity index (χ0n) is 13.1. The Morgan fingerprint density at radius 2 is 1.96 bits per heavy atom. The summed E-state index contributed by atoms with van der Waals surface area (Å²) in [5.74, 6) is -0.285. The van der Waals surface area contributed by atoms with Gasteiger partial charge in [0.15, 0.2) is 0 Å². The molecular formula is C18H16ClNO2S. The summed E-state index contributed by atoms with van der Waals surface area (Å²) in [5, 5.41) is 1.70. The van der Waals surface area contributed by atoms with E-state index in [9.17, 15) is 4.79 Å². The lowest BCUT2D eigenvalue weighted by atomic mass is 10.00. The topological polar surface area (TPSA) is 39.2 Å². The Labute approximate surface area is 143 Å². The van der Waals surface area contributed by atoms with Gasteiger partial charge in [-0.1, -0.05) is 23.7 Å². The molecule has 3 nitrogen and oxygen atoms in total. The summed E-state index contributed by atoms with van der Waals surface area (Å²) in [6.07, 6.45) is 0. The smallest absolute Gasteiger partial charge is 0.348 e. The minimum Gasteiger partial charge on any atom is -0.462 e. The Bertz CT molecular complexity index is 884. The van der Waals surface area contributed by atoms with Gasteiger partial charge in [0, 0.05) is 16.1 Å². The Morgan fingerprint density at radius 1 is 1.26 bits per heavy atom. The average Bonchev–Trinajstić information content (AvgIpc) is 2.84. The largest absolute Gasteiger partial charge is 0.462 e. The van der Waals surface area contributed by atoms with Crippen LogP contribution >= 0.6 is 22.9 Å². The number of hydrogen-bond acceptors (Lipinski definition) is 4. The van der Waals surface area contributed by atoms with Crippen molar-refractivity contribution >= 4 is 39.1 Å². The number of aromatic nitrogens is 1. The van der Waals surface area contributed by atoms with Gasteiger partial charge in [-0.25, -0.2) is 9.78 Å². The molecule has 0 saturated carbocycles. The van der Waals surface area contributed by atoms with Gasteiger partial charge in [-0.15, -0.1) is 11.3 Å². The molecule has 2 heterocycles. The summed E-state index contributed by atoms with van der Waals surface area (Å²) in [6, 6.07) is 9.74. The van der Waals surface area contributed by atoms with Gasteiger partial charge in [0.25, 0.3) is 0 Å². The summed E-state index contributed by atoms with van der Waals surface area (Å²) in [7, 11) is 0. The molecule has 118 valence electrons. The Morgan fingerprint density at radius 3 is 2.61 bits per heavy atom. The number of ether oxygens (including phenoxy) is 1. The number of halogens is 1. The third-order valence-electron chi connectivity index (χ3n) is 3.64. The van der Waals surface area contributed by atoms with E-state index in [2.05, 4.69) is 4.98 Å². The van der Waals surface area contributed by atoms with Crippen LogP contribution in [-0.2, 0) is 4.74 Å². The fourth-order valence-corrected chi connectivity index (χ4v) is 3.89. The third kappa shape index (κ3) is 2.96. The maximum Gasteiger partial charge on any atom is 0.348 e. The first kappa shape index (κ1) is 16.0. The van der Waals surface area contributed by atoms with Crippen LogP contribution in [0.25, 0.3) is 21.3 Å². The van der Waals surface area contributed by atoms with Gasteiger partial charge in [-0.2, -0.15) is 0 Å². The van der Waals surface area contributed by atoms with Crippen molar-refractivity contribution in [2.45, 2.75) is 20.8 Å². The molecule has 0 N–H and O–H groups in total. The summed E-state index contributed by atoms with van der Waals surface area (Å²) in [5.41, 5.74) is 3.95. The molecule has 5 heteroatoms. The number of esters is 1. The number of thiophene rings is 1. The standard InChI is InChI=1S/C18H16ClNO2S/c1-4-22-18(21)16-11(3)15-14(9-10(2)20-17(15)23-16)12-5-7-13(19)8-6-12/h5-9H,4H2,1-3H3. The van der Waals surface area contributed by atoms with E-state index in [0.717, 1.165) is 32.6 Å². The normalized spacial score (nSPS) is 11.0. The van der Waals surface area contributed by atoms with E-state index < -0.39 is 0 Å². The molecule has 0 radical (unpaired) electrons. The average molecular weight is 346 g/mol. The number of rotatable bonds is 3. The quantitative estimate of drug-likeness (QED) is 0.596. The molecule has 0 saturated heterocycles. The van der Waals surface area contributed by atoms with E-state index in [1.165, 1.54) is 11.3 Å². The Kier molecular flexibility index (Phi) is 4.37. The molecule has 0 aliphatic heterocycles. The highest BCUT2D eigenvalue weighted by Gasteiger charge is 2.20. The predicted octanol–water partition coefficient (Wildman–Crippen LogP) is 5.41. The van der Waals surface area contributed by atoms with Crippen LogP contribution in [0.4, 0.5) is 0 Å². The highest BCUT2D eigenvalue weighted by molar-refractivity contribution is 7.20. The second-order valence-corrected chi connectivity index (χ2v) is 6.71. The van der Waals surface area contributed by atoms with E-state index in [1.54, 1.807) is 0 Å². The molecule has 0 unspecified atom stereocenters. The van der Waals surface area contributed by atoms with Gasteiger partial charge < -0.3 is 4.74 Å². The molecule has 3 rings (SSSR count). The van der Waals surface area contributed by atoms with E-state index in [0.29, 0.717) is 16.5 Å². The van der Waals surface area contributed by atoms with E-state index in [1.807, 2.05) is 51.1 Å². The number of aryl methyl sites for hydroxylation is 2. The SMILES string of the molecule is CCOC(=O)c1sc2nc(C)cc(-c3ccc(Cl)cc3)c2c1C. The van der Waals surface area contributed by atoms with Crippen LogP contribution in [0, 0.1) is 13.8 Å². The molecular weight excluding hydrogens is 330 g/mol. The van der Waals surface area contributed by atoms with E-state index >= 15 is 0 Å². The van der Waals surface area contributed by atoms with Gasteiger partial charge in [0.2, 0.25) is 0 Å². The Balaban J connectivity index is 2.25. The molecule has 0 aliphatic carbocycles. The minimum absolute atomic E-state index is 0.285. The molecule has 0 amide bonds. The summed E-state index contributed by atoms with van der Waals surface area (Å²) in [6.45, 7) is 6.07. The monoisotopic (exact) mass is 345 g/mol. The van der Waals surface area contributed by atoms with Crippen LogP contribution in [0.2, 0.25) is 5.02 Å². The van der Waals surface area contributed by atoms with E-state index in [4.69, 9.17) is 16.3 Å². The van der Waals surface area contributed by atoms with Crippen molar-refractivity contribution in [2.75, 3.05) is 6.61 Å². The lowest BCUT2D eigenvalue weighted by molar-refractivity contribution is 0.0531. The van der Waals surface area contributed by atoms with Gasteiger partial charge >= 0.3 is 5.97 Å². The summed E-state index contributed by atoms with van der Waals surface area (Å²) < 4.78 is 5.16. The van der Waals surface area contributed by atoms with Crippen molar-refractivity contribution in [3.8, 4) is 11.1 Å². The number of nitrogens with zero attached hydrogens (tertiary/aromatic N) is 1. The van der Waals surface area contributed by atoms with Crippen molar-refractivity contribution in [3.05, 3.63) is 51.5 Å². The number of carbonyl (C=O) groups excluding carboxylic acids is 1. The third-order valence-corrected chi connectivity index (χ3v) is 5.06. The number of pyridine rings is 1. The van der Waals surface area contributed by atoms with Crippen LogP contribution in [0.1, 0.15) is 27.9 Å². The minimum atomic E-state index is -0.285. The lowest BCUT2D eigenvalue weighted by Gasteiger charge is -2.07. The Hall–Kier alpha value is -1.91. The van der Waals surface area contributed by atoms with Gasteiger partial charge in [-0.3, -0.25) is 0 Å².